The summed E-state index contributed by atoms with van der Waals surface area (Å²) in [4.78, 5) is 2.15. The maximum atomic E-state index is 6.05. The predicted octanol–water partition coefficient (Wildman–Crippen LogP) is 4.25. The molecule has 0 heterocycles. The number of hydrogen-bond acceptors (Lipinski definition) is 3. The molecule has 0 aliphatic heterocycles. The molecule has 3 nitrogen and oxygen atoms in total. The molecule has 0 bridgehead atoms. The zero-order valence-corrected chi connectivity index (χ0v) is 14.4. The van der Waals surface area contributed by atoms with Crippen molar-refractivity contribution in [3.8, 4) is 5.75 Å². The van der Waals surface area contributed by atoms with Gasteiger partial charge in [0.1, 0.15) is 5.75 Å². The van der Waals surface area contributed by atoms with E-state index < -0.39 is 0 Å². The lowest BCUT2D eigenvalue weighted by Crippen LogP contribution is -2.30. The van der Waals surface area contributed by atoms with Crippen LogP contribution < -0.4 is 15.4 Å². The van der Waals surface area contributed by atoms with Gasteiger partial charge in [0.2, 0.25) is 0 Å². The monoisotopic (exact) mass is 368 g/mol. The Bertz CT molecular complexity index is 604. The van der Waals surface area contributed by atoms with Gasteiger partial charge in [-0.15, -0.1) is 0 Å². The Morgan fingerprint density at radius 1 is 1.24 bits per heavy atom. The van der Waals surface area contributed by atoms with Gasteiger partial charge in [-0.2, -0.15) is 0 Å². The highest BCUT2D eigenvalue weighted by Crippen LogP contribution is 2.30. The van der Waals surface area contributed by atoms with E-state index in [9.17, 15) is 0 Å². The van der Waals surface area contributed by atoms with E-state index in [4.69, 9.17) is 22.1 Å². The van der Waals surface area contributed by atoms with E-state index >= 15 is 0 Å². The van der Waals surface area contributed by atoms with Gasteiger partial charge < -0.3 is 15.4 Å². The summed E-state index contributed by atoms with van der Waals surface area (Å²) in [5.74, 6) is 0.839. The number of anilines is 1. The highest BCUT2D eigenvalue weighted by atomic mass is 79.9. The lowest BCUT2D eigenvalue weighted by Gasteiger charge is -2.30. The van der Waals surface area contributed by atoms with Gasteiger partial charge >= 0.3 is 0 Å². The summed E-state index contributed by atoms with van der Waals surface area (Å²) in [5, 5.41) is 0.696. The van der Waals surface area contributed by atoms with Crippen LogP contribution >= 0.6 is 27.5 Å². The summed E-state index contributed by atoms with van der Waals surface area (Å²) in [6, 6.07) is 13.9. The first-order chi connectivity index (χ1) is 10.1. The standard InChI is InChI=1S/C16H18BrClN2O/c1-20(12-4-6-13(21-2)7-5-12)16(10-19)11-3-8-15(18)14(17)9-11/h3-9,16H,10,19H2,1-2H3. The zero-order valence-electron chi connectivity index (χ0n) is 12.0. The average molecular weight is 370 g/mol. The highest BCUT2D eigenvalue weighted by Gasteiger charge is 2.17. The molecule has 1 atom stereocenters. The maximum absolute atomic E-state index is 6.05. The molecule has 0 radical (unpaired) electrons. The molecule has 0 aromatic heterocycles. The van der Waals surface area contributed by atoms with Gasteiger partial charge in [0.15, 0.2) is 0 Å². The first-order valence-corrected chi connectivity index (χ1v) is 7.75. The first kappa shape index (κ1) is 16.1. The number of rotatable bonds is 5. The smallest absolute Gasteiger partial charge is 0.119 e. The molecule has 21 heavy (non-hydrogen) atoms. The minimum Gasteiger partial charge on any atom is -0.497 e. The van der Waals surface area contributed by atoms with Crippen molar-refractivity contribution in [1.29, 1.82) is 0 Å². The van der Waals surface area contributed by atoms with E-state index in [0.717, 1.165) is 21.5 Å². The maximum Gasteiger partial charge on any atom is 0.119 e. The number of hydrogen-bond donors (Lipinski definition) is 1. The van der Waals surface area contributed by atoms with Gasteiger partial charge in [-0.25, -0.2) is 0 Å². The number of ether oxygens (including phenoxy) is 1. The number of halogens is 2. The summed E-state index contributed by atoms with van der Waals surface area (Å²) in [7, 11) is 3.69. The van der Waals surface area contributed by atoms with Gasteiger partial charge in [-0.3, -0.25) is 0 Å². The molecular weight excluding hydrogens is 352 g/mol. The second kappa shape index (κ2) is 7.16. The number of methoxy groups -OCH3 is 1. The van der Waals surface area contributed by atoms with Crippen molar-refractivity contribution < 1.29 is 4.74 Å². The van der Waals surface area contributed by atoms with Crippen LogP contribution in [0.15, 0.2) is 46.9 Å². The molecule has 2 rings (SSSR count). The summed E-state index contributed by atoms with van der Waals surface area (Å²) in [6.45, 7) is 0.511. The largest absolute Gasteiger partial charge is 0.497 e. The highest BCUT2D eigenvalue weighted by molar-refractivity contribution is 9.10. The van der Waals surface area contributed by atoms with Crippen molar-refractivity contribution in [2.75, 3.05) is 25.6 Å². The molecule has 0 amide bonds. The van der Waals surface area contributed by atoms with Gasteiger partial charge in [-0.05, 0) is 57.9 Å². The van der Waals surface area contributed by atoms with E-state index in [2.05, 4.69) is 20.8 Å². The Hall–Kier alpha value is -1.23. The van der Waals surface area contributed by atoms with Gasteiger partial charge in [0.25, 0.3) is 0 Å². The van der Waals surface area contributed by atoms with E-state index in [0.29, 0.717) is 11.6 Å². The fraction of sp³-hybridized carbons (Fsp3) is 0.250. The number of benzene rings is 2. The SMILES string of the molecule is COc1ccc(N(C)C(CN)c2ccc(Cl)c(Br)c2)cc1. The van der Waals surface area contributed by atoms with Crippen LogP contribution in [0.2, 0.25) is 5.02 Å². The molecule has 0 aliphatic carbocycles. The topological polar surface area (TPSA) is 38.5 Å². The first-order valence-electron chi connectivity index (χ1n) is 6.58. The van der Waals surface area contributed by atoms with E-state index in [-0.39, 0.29) is 6.04 Å². The Kier molecular flexibility index (Phi) is 5.51. The number of nitrogens with two attached hydrogens (primary N) is 1. The third-order valence-corrected chi connectivity index (χ3v) is 4.71. The second-order valence-electron chi connectivity index (χ2n) is 4.73. The molecule has 112 valence electrons. The van der Waals surface area contributed by atoms with E-state index in [1.54, 1.807) is 7.11 Å². The quantitative estimate of drug-likeness (QED) is 0.856. The van der Waals surface area contributed by atoms with Crippen molar-refractivity contribution in [2.24, 2.45) is 5.73 Å². The van der Waals surface area contributed by atoms with Gasteiger partial charge in [-0.1, -0.05) is 17.7 Å². The Balaban J connectivity index is 2.28. The fourth-order valence-electron chi connectivity index (χ4n) is 2.23. The summed E-state index contributed by atoms with van der Waals surface area (Å²) in [5.41, 5.74) is 8.17. The minimum atomic E-state index is 0.0759. The van der Waals surface area contributed by atoms with Crippen LogP contribution in [0.5, 0.6) is 5.75 Å². The predicted molar refractivity (Wildman–Crippen MR) is 92.3 cm³/mol. The molecule has 0 aliphatic rings. The van der Waals surface area contributed by atoms with Crippen LogP contribution in [0, 0.1) is 0 Å². The lowest BCUT2D eigenvalue weighted by molar-refractivity contribution is 0.415. The van der Waals surface area contributed by atoms with Crippen LogP contribution in [0.25, 0.3) is 0 Å². The van der Waals surface area contributed by atoms with Gasteiger partial charge in [0, 0.05) is 23.8 Å². The summed E-state index contributed by atoms with van der Waals surface area (Å²) < 4.78 is 6.06. The van der Waals surface area contributed by atoms with Crippen LogP contribution in [0.4, 0.5) is 5.69 Å². The van der Waals surface area contributed by atoms with Crippen molar-refractivity contribution in [2.45, 2.75) is 6.04 Å². The normalized spacial score (nSPS) is 12.0. The zero-order chi connectivity index (χ0) is 15.4. The lowest BCUT2D eigenvalue weighted by atomic mass is 10.1. The summed E-state index contributed by atoms with van der Waals surface area (Å²) >= 11 is 9.51. The minimum absolute atomic E-state index is 0.0759. The van der Waals surface area contributed by atoms with E-state index in [1.165, 1.54) is 0 Å². The third-order valence-electron chi connectivity index (χ3n) is 3.50. The van der Waals surface area contributed by atoms with E-state index in [1.807, 2.05) is 49.5 Å². The molecule has 2 aromatic carbocycles. The van der Waals surface area contributed by atoms with Crippen LogP contribution in [-0.4, -0.2) is 20.7 Å². The fourth-order valence-corrected chi connectivity index (χ4v) is 2.75. The number of likely N-dealkylation sites (N-methyl/N-ethyl adjacent to an activating group) is 1. The molecule has 0 saturated carbocycles. The number of nitrogens with zero attached hydrogens (tertiary/aromatic N) is 1. The molecule has 1 unspecified atom stereocenters. The molecular formula is C16H18BrClN2O. The van der Waals surface area contributed by atoms with Crippen LogP contribution in [-0.2, 0) is 0 Å². The van der Waals surface area contributed by atoms with Crippen LogP contribution in [0.1, 0.15) is 11.6 Å². The average Bonchev–Trinajstić information content (AvgIpc) is 2.51. The molecule has 5 heteroatoms. The Labute approximate surface area is 138 Å². The third kappa shape index (κ3) is 3.70. The van der Waals surface area contributed by atoms with Crippen LogP contribution in [0.3, 0.4) is 0 Å². The molecule has 2 aromatic rings. The van der Waals surface area contributed by atoms with Gasteiger partial charge in [0.05, 0.1) is 18.2 Å². The van der Waals surface area contributed by atoms with Crippen molar-refractivity contribution in [3.05, 3.63) is 57.5 Å². The Morgan fingerprint density at radius 2 is 1.90 bits per heavy atom. The Morgan fingerprint density at radius 3 is 2.43 bits per heavy atom. The molecule has 0 spiro atoms. The summed E-state index contributed by atoms with van der Waals surface area (Å²) in [6.07, 6.45) is 0. The van der Waals surface area contributed by atoms with Crippen molar-refractivity contribution >= 4 is 33.2 Å². The molecule has 0 fully saturated rings. The van der Waals surface area contributed by atoms with Crippen molar-refractivity contribution in [1.82, 2.24) is 0 Å². The molecule has 0 saturated heterocycles. The second-order valence-corrected chi connectivity index (χ2v) is 6.00. The van der Waals surface area contributed by atoms with Crippen molar-refractivity contribution in [3.63, 3.8) is 0 Å². The molecule has 2 N–H and O–H groups in total.